The molecule has 0 aliphatic carbocycles. The molecule has 1 aromatic carbocycles. The molecule has 1 amide bonds. The van der Waals surface area contributed by atoms with Gasteiger partial charge >= 0.3 is 0 Å². The molecular formula is C10H7ClF2INO. The summed E-state index contributed by atoms with van der Waals surface area (Å²) >= 11 is 7.71. The highest BCUT2D eigenvalue weighted by Crippen LogP contribution is 2.30. The molecule has 2 nitrogen and oxygen atoms in total. The third kappa shape index (κ3) is 2.15. The van der Waals surface area contributed by atoms with Crippen LogP contribution in [-0.4, -0.2) is 17.8 Å². The summed E-state index contributed by atoms with van der Waals surface area (Å²) in [5.74, 6) is -2.03. The number of carbonyl (C=O) groups is 1. The van der Waals surface area contributed by atoms with E-state index in [9.17, 15) is 13.6 Å². The fourth-order valence-corrected chi connectivity index (χ4v) is 2.61. The Bertz CT molecular complexity index is 455. The molecule has 1 atom stereocenters. The summed E-state index contributed by atoms with van der Waals surface area (Å²) < 4.78 is 26.5. The van der Waals surface area contributed by atoms with Crippen molar-refractivity contribution in [3.05, 3.63) is 27.3 Å². The number of benzene rings is 1. The Morgan fingerprint density at radius 3 is 2.56 bits per heavy atom. The van der Waals surface area contributed by atoms with Crippen molar-refractivity contribution in [2.45, 2.75) is 11.8 Å². The van der Waals surface area contributed by atoms with Crippen LogP contribution >= 0.6 is 34.2 Å². The van der Waals surface area contributed by atoms with E-state index in [0.717, 1.165) is 12.1 Å². The Balaban J connectivity index is 2.41. The minimum absolute atomic E-state index is 0.163. The van der Waals surface area contributed by atoms with Gasteiger partial charge in [-0.05, 0) is 28.7 Å². The van der Waals surface area contributed by atoms with Crippen molar-refractivity contribution in [3.8, 4) is 0 Å². The minimum atomic E-state index is -0.957. The maximum atomic E-state index is 13.1. The van der Waals surface area contributed by atoms with E-state index in [0.29, 0.717) is 15.8 Å². The summed E-state index contributed by atoms with van der Waals surface area (Å²) in [5.41, 5.74) is 0.382. The summed E-state index contributed by atoms with van der Waals surface area (Å²) in [7, 11) is 0. The number of halogens is 4. The fourth-order valence-electron chi connectivity index (χ4n) is 1.62. The first-order valence-electron chi connectivity index (χ1n) is 4.58. The molecule has 0 N–H and O–H groups in total. The lowest BCUT2D eigenvalue weighted by molar-refractivity contribution is -0.117. The lowest BCUT2D eigenvalue weighted by Crippen LogP contribution is -2.25. The predicted octanol–water partition coefficient (Wildman–Crippen LogP) is 2.91. The van der Waals surface area contributed by atoms with Crippen LogP contribution in [0.15, 0.2) is 12.1 Å². The van der Waals surface area contributed by atoms with Crippen LogP contribution in [0.1, 0.15) is 6.42 Å². The van der Waals surface area contributed by atoms with Crippen molar-refractivity contribution >= 4 is 45.8 Å². The highest BCUT2D eigenvalue weighted by molar-refractivity contribution is 14.1. The van der Waals surface area contributed by atoms with Gasteiger partial charge in [-0.25, -0.2) is 8.78 Å². The van der Waals surface area contributed by atoms with Crippen molar-refractivity contribution < 1.29 is 13.6 Å². The Morgan fingerprint density at radius 2 is 2.00 bits per heavy atom. The van der Waals surface area contributed by atoms with Gasteiger partial charge in [0, 0.05) is 22.6 Å². The standard InChI is InChI=1S/C10H7ClF2INO/c11-5-1-10(16)15(4-5)9-3-7(13)6(12)2-8(9)14/h2-3,5H,1,4H2. The normalized spacial score (nSPS) is 20.6. The number of hydrogen-bond acceptors (Lipinski definition) is 1. The van der Waals surface area contributed by atoms with Crippen LogP contribution in [0.4, 0.5) is 14.5 Å². The first-order chi connectivity index (χ1) is 7.49. The van der Waals surface area contributed by atoms with Gasteiger partial charge in [0.15, 0.2) is 11.6 Å². The maximum absolute atomic E-state index is 13.1. The zero-order chi connectivity index (χ0) is 11.9. The second-order valence-corrected chi connectivity index (χ2v) is 5.30. The molecule has 0 aromatic heterocycles. The molecule has 1 fully saturated rings. The summed E-state index contributed by atoms with van der Waals surface area (Å²) in [4.78, 5) is 12.9. The molecule has 0 bridgehead atoms. The topological polar surface area (TPSA) is 20.3 Å². The van der Waals surface area contributed by atoms with Crippen LogP contribution in [0, 0.1) is 15.2 Å². The van der Waals surface area contributed by atoms with E-state index in [2.05, 4.69) is 0 Å². The molecule has 16 heavy (non-hydrogen) atoms. The molecule has 86 valence electrons. The van der Waals surface area contributed by atoms with Crippen molar-refractivity contribution in [2.75, 3.05) is 11.4 Å². The number of nitrogens with zero attached hydrogens (tertiary/aromatic N) is 1. The first kappa shape index (κ1) is 12.0. The van der Waals surface area contributed by atoms with E-state index in [1.54, 1.807) is 0 Å². The smallest absolute Gasteiger partial charge is 0.228 e. The number of alkyl halides is 1. The molecule has 1 unspecified atom stereocenters. The Hall–Kier alpha value is -0.430. The van der Waals surface area contributed by atoms with E-state index in [1.165, 1.54) is 4.90 Å². The summed E-state index contributed by atoms with van der Waals surface area (Å²) in [6.45, 7) is 0.335. The van der Waals surface area contributed by atoms with E-state index in [1.807, 2.05) is 22.6 Å². The van der Waals surface area contributed by atoms with Crippen LogP contribution < -0.4 is 4.90 Å². The molecule has 0 saturated carbocycles. The van der Waals surface area contributed by atoms with E-state index < -0.39 is 11.6 Å². The van der Waals surface area contributed by atoms with Crippen LogP contribution in [0.5, 0.6) is 0 Å². The van der Waals surface area contributed by atoms with Gasteiger partial charge in [-0.1, -0.05) is 0 Å². The quantitative estimate of drug-likeness (QED) is 0.430. The predicted molar refractivity (Wildman–Crippen MR) is 65.7 cm³/mol. The van der Waals surface area contributed by atoms with Crippen molar-refractivity contribution in [1.29, 1.82) is 0 Å². The number of rotatable bonds is 1. The second-order valence-electron chi connectivity index (χ2n) is 3.52. The average molecular weight is 358 g/mol. The summed E-state index contributed by atoms with van der Waals surface area (Å²) in [5, 5.41) is -0.267. The van der Waals surface area contributed by atoms with Gasteiger partial charge in [-0.2, -0.15) is 0 Å². The molecule has 1 heterocycles. The zero-order valence-electron chi connectivity index (χ0n) is 8.01. The Kier molecular flexibility index (Phi) is 3.34. The third-order valence-corrected chi connectivity index (χ3v) is 3.51. The van der Waals surface area contributed by atoms with Crippen LogP contribution in [0.3, 0.4) is 0 Å². The Morgan fingerprint density at radius 1 is 1.38 bits per heavy atom. The molecule has 1 aliphatic heterocycles. The Labute approximate surface area is 110 Å². The van der Waals surface area contributed by atoms with Gasteiger partial charge in [-0.15, -0.1) is 11.6 Å². The van der Waals surface area contributed by atoms with Gasteiger partial charge in [0.1, 0.15) is 0 Å². The highest BCUT2D eigenvalue weighted by atomic mass is 127. The van der Waals surface area contributed by atoms with Crippen LogP contribution in [0.25, 0.3) is 0 Å². The van der Waals surface area contributed by atoms with Crippen molar-refractivity contribution in [1.82, 2.24) is 0 Å². The zero-order valence-corrected chi connectivity index (χ0v) is 10.9. The molecule has 2 rings (SSSR count). The summed E-state index contributed by atoms with van der Waals surface area (Å²) in [6, 6.07) is 2.10. The monoisotopic (exact) mass is 357 g/mol. The van der Waals surface area contributed by atoms with Crippen molar-refractivity contribution in [3.63, 3.8) is 0 Å². The van der Waals surface area contributed by atoms with Gasteiger partial charge in [0.05, 0.1) is 11.1 Å². The first-order valence-corrected chi connectivity index (χ1v) is 6.09. The third-order valence-electron chi connectivity index (χ3n) is 2.36. The maximum Gasteiger partial charge on any atom is 0.228 e. The second kappa shape index (κ2) is 4.44. The molecule has 0 spiro atoms. The summed E-state index contributed by atoms with van der Waals surface area (Å²) in [6.07, 6.45) is 0.233. The van der Waals surface area contributed by atoms with Crippen LogP contribution in [-0.2, 0) is 4.79 Å². The van der Waals surface area contributed by atoms with Crippen LogP contribution in [0.2, 0.25) is 0 Å². The lowest BCUT2D eigenvalue weighted by Gasteiger charge is -2.17. The molecule has 0 radical (unpaired) electrons. The lowest BCUT2D eigenvalue weighted by atomic mass is 10.3. The number of hydrogen-bond donors (Lipinski definition) is 0. The molecule has 1 aliphatic rings. The van der Waals surface area contributed by atoms with E-state index in [4.69, 9.17) is 11.6 Å². The minimum Gasteiger partial charge on any atom is -0.310 e. The molecule has 6 heteroatoms. The van der Waals surface area contributed by atoms with E-state index >= 15 is 0 Å². The largest absolute Gasteiger partial charge is 0.310 e. The van der Waals surface area contributed by atoms with Gasteiger partial charge in [0.2, 0.25) is 5.91 Å². The fraction of sp³-hybridized carbons (Fsp3) is 0.300. The van der Waals surface area contributed by atoms with Gasteiger partial charge in [0.25, 0.3) is 0 Å². The molecule has 1 aromatic rings. The number of anilines is 1. The average Bonchev–Trinajstić information content (AvgIpc) is 2.51. The highest BCUT2D eigenvalue weighted by Gasteiger charge is 2.30. The van der Waals surface area contributed by atoms with Gasteiger partial charge < -0.3 is 4.90 Å². The van der Waals surface area contributed by atoms with E-state index in [-0.39, 0.29) is 17.7 Å². The van der Waals surface area contributed by atoms with Gasteiger partial charge in [-0.3, -0.25) is 4.79 Å². The number of amides is 1. The van der Waals surface area contributed by atoms with Crippen molar-refractivity contribution in [2.24, 2.45) is 0 Å². The molecule has 1 saturated heterocycles. The number of carbonyl (C=O) groups excluding carboxylic acids is 1. The molecular weight excluding hydrogens is 350 g/mol. The SMILES string of the molecule is O=C1CC(Cl)CN1c1cc(F)c(F)cc1I.